The topological polar surface area (TPSA) is 42.4 Å². The Morgan fingerprint density at radius 2 is 2.18 bits per heavy atom. The molecule has 1 N–H and O–H groups in total. The van der Waals surface area contributed by atoms with Crippen LogP contribution in [0.4, 0.5) is 0 Å². The molecule has 1 heterocycles. The number of pyridine rings is 1. The van der Waals surface area contributed by atoms with Crippen LogP contribution in [0.3, 0.4) is 0 Å². The third-order valence-electron chi connectivity index (χ3n) is 2.53. The molecule has 1 aromatic heterocycles. The smallest absolute Gasteiger partial charge is 0.119 e. The summed E-state index contributed by atoms with van der Waals surface area (Å²) in [5.41, 5.74) is 2.84. The van der Waals surface area contributed by atoms with Crippen LogP contribution in [0.2, 0.25) is 0 Å². The summed E-state index contributed by atoms with van der Waals surface area (Å²) in [4.78, 5) is 4.08. The van der Waals surface area contributed by atoms with Gasteiger partial charge >= 0.3 is 0 Å². The van der Waals surface area contributed by atoms with Crippen molar-refractivity contribution in [2.24, 2.45) is 0 Å². The molecule has 0 aliphatic carbocycles. The molecule has 0 saturated carbocycles. The molecule has 3 nitrogen and oxygen atoms in total. The summed E-state index contributed by atoms with van der Waals surface area (Å²) in [6.45, 7) is 2.55. The highest BCUT2D eigenvalue weighted by Gasteiger charge is 2.06. The van der Waals surface area contributed by atoms with Gasteiger partial charge in [0.1, 0.15) is 5.75 Å². The maximum Gasteiger partial charge on any atom is 0.119 e. The zero-order valence-corrected chi connectivity index (χ0v) is 9.76. The second-order valence-corrected chi connectivity index (χ2v) is 3.65. The highest BCUT2D eigenvalue weighted by Crippen LogP contribution is 2.26. The largest absolute Gasteiger partial charge is 0.494 e. The van der Waals surface area contributed by atoms with Crippen LogP contribution in [-0.2, 0) is 6.61 Å². The van der Waals surface area contributed by atoms with Crippen molar-refractivity contribution in [2.75, 3.05) is 6.61 Å². The minimum Gasteiger partial charge on any atom is -0.494 e. The van der Waals surface area contributed by atoms with E-state index in [4.69, 9.17) is 4.74 Å². The molecule has 0 radical (unpaired) electrons. The van der Waals surface area contributed by atoms with Gasteiger partial charge in [0, 0.05) is 18.0 Å². The Labute approximate surface area is 101 Å². The van der Waals surface area contributed by atoms with Gasteiger partial charge < -0.3 is 9.84 Å². The molecule has 2 rings (SSSR count). The number of benzene rings is 1. The predicted octanol–water partition coefficient (Wildman–Crippen LogP) is 2.64. The van der Waals surface area contributed by atoms with E-state index in [1.54, 1.807) is 12.4 Å². The molecule has 0 aliphatic heterocycles. The van der Waals surface area contributed by atoms with E-state index in [-0.39, 0.29) is 6.61 Å². The molecule has 0 unspecified atom stereocenters. The van der Waals surface area contributed by atoms with Gasteiger partial charge in [-0.15, -0.1) is 0 Å². The minimum absolute atomic E-state index is 0.00879. The minimum atomic E-state index is -0.00879. The van der Waals surface area contributed by atoms with Crippen LogP contribution in [0.5, 0.6) is 5.75 Å². The summed E-state index contributed by atoms with van der Waals surface area (Å²) < 4.78 is 5.41. The molecule has 0 fully saturated rings. The van der Waals surface area contributed by atoms with Crippen molar-refractivity contribution in [1.82, 2.24) is 4.98 Å². The zero-order valence-electron chi connectivity index (χ0n) is 9.76. The molecule has 0 amide bonds. The van der Waals surface area contributed by atoms with Crippen LogP contribution in [-0.4, -0.2) is 16.7 Å². The first-order valence-electron chi connectivity index (χ1n) is 5.62. The Morgan fingerprint density at radius 1 is 1.29 bits per heavy atom. The molecule has 0 bridgehead atoms. The Morgan fingerprint density at radius 3 is 2.82 bits per heavy atom. The molecule has 2 aromatic rings. The summed E-state index contributed by atoms with van der Waals surface area (Å²) in [6.07, 6.45) is 3.52. The lowest BCUT2D eigenvalue weighted by Crippen LogP contribution is -1.95. The van der Waals surface area contributed by atoms with Crippen molar-refractivity contribution in [3.8, 4) is 16.9 Å². The number of rotatable bonds is 4. The molecule has 0 spiro atoms. The first-order chi connectivity index (χ1) is 8.35. The van der Waals surface area contributed by atoms with Gasteiger partial charge in [-0.3, -0.25) is 4.98 Å². The number of aliphatic hydroxyl groups excluding tert-OH is 1. The predicted molar refractivity (Wildman–Crippen MR) is 66.8 cm³/mol. The van der Waals surface area contributed by atoms with E-state index in [0.717, 1.165) is 22.4 Å². The lowest BCUT2D eigenvalue weighted by atomic mass is 10.0. The lowest BCUT2D eigenvalue weighted by Gasteiger charge is -2.10. The summed E-state index contributed by atoms with van der Waals surface area (Å²) in [6, 6.07) is 9.58. The van der Waals surface area contributed by atoms with Gasteiger partial charge in [-0.05, 0) is 36.2 Å². The van der Waals surface area contributed by atoms with Crippen molar-refractivity contribution in [2.45, 2.75) is 13.5 Å². The fourth-order valence-corrected chi connectivity index (χ4v) is 1.76. The third kappa shape index (κ3) is 2.63. The van der Waals surface area contributed by atoms with Crippen LogP contribution in [0, 0.1) is 0 Å². The molecular formula is C14H15NO2. The van der Waals surface area contributed by atoms with Gasteiger partial charge in [-0.2, -0.15) is 0 Å². The van der Waals surface area contributed by atoms with Gasteiger partial charge in [0.15, 0.2) is 0 Å². The molecule has 0 saturated heterocycles. The highest BCUT2D eigenvalue weighted by molar-refractivity contribution is 5.67. The number of hydrogen-bond donors (Lipinski definition) is 1. The maximum atomic E-state index is 9.40. The van der Waals surface area contributed by atoms with Crippen molar-refractivity contribution in [3.05, 3.63) is 48.3 Å². The fourth-order valence-electron chi connectivity index (χ4n) is 1.76. The van der Waals surface area contributed by atoms with E-state index < -0.39 is 0 Å². The van der Waals surface area contributed by atoms with E-state index >= 15 is 0 Å². The molecule has 1 aromatic carbocycles. The van der Waals surface area contributed by atoms with Crippen LogP contribution in [0.25, 0.3) is 11.1 Å². The number of hydrogen-bond acceptors (Lipinski definition) is 3. The van der Waals surface area contributed by atoms with Crippen LogP contribution >= 0.6 is 0 Å². The Hall–Kier alpha value is -1.87. The molecular weight excluding hydrogens is 214 g/mol. The quantitative estimate of drug-likeness (QED) is 0.876. The lowest BCUT2D eigenvalue weighted by molar-refractivity contribution is 0.280. The maximum absolute atomic E-state index is 9.40. The number of aliphatic hydroxyl groups is 1. The van der Waals surface area contributed by atoms with Gasteiger partial charge in [0.2, 0.25) is 0 Å². The Bertz CT molecular complexity index is 483. The van der Waals surface area contributed by atoms with Crippen molar-refractivity contribution in [1.29, 1.82) is 0 Å². The Kier molecular flexibility index (Phi) is 3.73. The SMILES string of the molecule is CCOc1ccc(-c2cccnc2)c(CO)c1. The number of ether oxygens (including phenoxy) is 1. The van der Waals surface area contributed by atoms with E-state index in [1.165, 1.54) is 0 Å². The zero-order chi connectivity index (χ0) is 12.1. The van der Waals surface area contributed by atoms with Crippen molar-refractivity contribution < 1.29 is 9.84 Å². The average Bonchev–Trinajstić information content (AvgIpc) is 2.40. The van der Waals surface area contributed by atoms with Crippen LogP contribution in [0.1, 0.15) is 12.5 Å². The summed E-state index contributed by atoms with van der Waals surface area (Å²) in [5, 5.41) is 9.40. The fraction of sp³-hybridized carbons (Fsp3) is 0.214. The van der Waals surface area contributed by atoms with Crippen molar-refractivity contribution >= 4 is 0 Å². The van der Waals surface area contributed by atoms with Gasteiger partial charge in [-0.1, -0.05) is 12.1 Å². The van der Waals surface area contributed by atoms with Gasteiger partial charge in [-0.25, -0.2) is 0 Å². The van der Waals surface area contributed by atoms with Crippen LogP contribution < -0.4 is 4.74 Å². The summed E-state index contributed by atoms with van der Waals surface area (Å²) in [5.74, 6) is 0.782. The normalized spacial score (nSPS) is 10.2. The summed E-state index contributed by atoms with van der Waals surface area (Å²) >= 11 is 0. The second-order valence-electron chi connectivity index (χ2n) is 3.65. The van der Waals surface area contributed by atoms with Crippen LogP contribution in [0.15, 0.2) is 42.7 Å². The van der Waals surface area contributed by atoms with E-state index in [9.17, 15) is 5.11 Å². The standard InChI is InChI=1S/C14H15NO2/c1-2-17-13-5-6-14(12(8-13)10-16)11-4-3-7-15-9-11/h3-9,16H,2,10H2,1H3. The average molecular weight is 229 g/mol. The number of nitrogens with zero attached hydrogens (tertiary/aromatic N) is 1. The number of aromatic nitrogens is 1. The van der Waals surface area contributed by atoms with Gasteiger partial charge in [0.05, 0.1) is 13.2 Å². The molecule has 3 heteroatoms. The highest BCUT2D eigenvalue weighted by atomic mass is 16.5. The molecule has 0 aliphatic rings. The summed E-state index contributed by atoms with van der Waals surface area (Å²) in [7, 11) is 0. The van der Waals surface area contributed by atoms with E-state index in [0.29, 0.717) is 6.61 Å². The van der Waals surface area contributed by atoms with E-state index in [1.807, 2.05) is 37.3 Å². The first-order valence-corrected chi connectivity index (χ1v) is 5.62. The molecule has 17 heavy (non-hydrogen) atoms. The monoisotopic (exact) mass is 229 g/mol. The van der Waals surface area contributed by atoms with E-state index in [2.05, 4.69) is 4.98 Å². The van der Waals surface area contributed by atoms with Gasteiger partial charge in [0.25, 0.3) is 0 Å². The van der Waals surface area contributed by atoms with Crippen molar-refractivity contribution in [3.63, 3.8) is 0 Å². The Balaban J connectivity index is 2.41. The first kappa shape index (κ1) is 11.6. The third-order valence-corrected chi connectivity index (χ3v) is 2.53. The molecule has 0 atom stereocenters. The molecule has 88 valence electrons. The second kappa shape index (κ2) is 5.46.